The van der Waals surface area contributed by atoms with E-state index in [0.29, 0.717) is 17.2 Å². The Balaban J connectivity index is 2.28. The molecule has 1 aromatic heterocycles. The van der Waals surface area contributed by atoms with E-state index in [-0.39, 0.29) is 5.82 Å². The van der Waals surface area contributed by atoms with Gasteiger partial charge in [0.15, 0.2) is 5.11 Å². The summed E-state index contributed by atoms with van der Waals surface area (Å²) in [5.74, 6) is -0.222. The third kappa shape index (κ3) is 2.96. The molecule has 0 aliphatic rings. The van der Waals surface area contributed by atoms with Crippen LogP contribution in [0.15, 0.2) is 24.3 Å². The van der Waals surface area contributed by atoms with Crippen LogP contribution in [0.3, 0.4) is 0 Å². The Morgan fingerprint density at radius 1 is 1.35 bits per heavy atom. The molecule has 20 heavy (non-hydrogen) atoms. The van der Waals surface area contributed by atoms with Gasteiger partial charge < -0.3 is 10.6 Å². The zero-order valence-corrected chi connectivity index (χ0v) is 12.5. The molecule has 0 radical (unpaired) electrons. The first-order chi connectivity index (χ1) is 9.52. The summed E-state index contributed by atoms with van der Waals surface area (Å²) in [5, 5.41) is 10.9. The van der Waals surface area contributed by atoms with Crippen LogP contribution in [0.1, 0.15) is 17.0 Å². The average Bonchev–Trinajstić information content (AvgIpc) is 2.69. The third-order valence-corrected chi connectivity index (χ3v) is 3.43. The molecule has 1 aromatic carbocycles. The number of hydrogen-bond donors (Lipinski definition) is 2. The summed E-state index contributed by atoms with van der Waals surface area (Å²) in [6.07, 6.45) is 0. The lowest BCUT2D eigenvalue weighted by atomic mass is 10.2. The van der Waals surface area contributed by atoms with Crippen LogP contribution in [0.4, 0.5) is 10.1 Å². The van der Waals surface area contributed by atoms with Gasteiger partial charge in [-0.1, -0.05) is 18.2 Å². The molecular formula is C14H17FN4S. The Hall–Kier alpha value is -1.95. The number of aromatic nitrogens is 2. The minimum atomic E-state index is -0.222. The highest BCUT2D eigenvalue weighted by Crippen LogP contribution is 2.20. The summed E-state index contributed by atoms with van der Waals surface area (Å²) >= 11 is 5.10. The molecule has 0 atom stereocenters. The number of nitrogens with zero attached hydrogens (tertiary/aromatic N) is 2. The molecule has 0 spiro atoms. The zero-order valence-electron chi connectivity index (χ0n) is 11.7. The second kappa shape index (κ2) is 6.00. The van der Waals surface area contributed by atoms with Crippen LogP contribution in [0.25, 0.3) is 0 Å². The van der Waals surface area contributed by atoms with Crippen LogP contribution in [0.2, 0.25) is 0 Å². The maximum atomic E-state index is 13.7. The molecule has 6 heteroatoms. The van der Waals surface area contributed by atoms with Crippen molar-refractivity contribution < 1.29 is 4.39 Å². The molecule has 106 valence electrons. The number of aryl methyl sites for hydroxylation is 1. The molecule has 0 unspecified atom stereocenters. The number of rotatable bonds is 3. The van der Waals surface area contributed by atoms with Gasteiger partial charge in [-0.3, -0.25) is 4.68 Å². The van der Waals surface area contributed by atoms with Crippen LogP contribution in [-0.4, -0.2) is 21.9 Å². The number of halogens is 1. The smallest absolute Gasteiger partial charge is 0.170 e. The lowest BCUT2D eigenvalue weighted by molar-refractivity contribution is 0.579. The van der Waals surface area contributed by atoms with Gasteiger partial charge in [-0.05, 0) is 32.1 Å². The van der Waals surface area contributed by atoms with Crippen LogP contribution < -0.4 is 10.6 Å². The van der Waals surface area contributed by atoms with E-state index in [1.807, 2.05) is 19.9 Å². The number of anilines is 1. The Bertz CT molecular complexity index is 636. The lowest BCUT2D eigenvalue weighted by Gasteiger charge is -2.08. The summed E-state index contributed by atoms with van der Waals surface area (Å²) in [4.78, 5) is 0. The Kier molecular flexibility index (Phi) is 4.34. The van der Waals surface area contributed by atoms with E-state index in [1.165, 1.54) is 6.07 Å². The first-order valence-electron chi connectivity index (χ1n) is 6.29. The van der Waals surface area contributed by atoms with E-state index in [9.17, 15) is 4.39 Å². The molecular weight excluding hydrogens is 275 g/mol. The van der Waals surface area contributed by atoms with Crippen LogP contribution in [0, 0.1) is 19.7 Å². The highest BCUT2D eigenvalue weighted by atomic mass is 32.1. The van der Waals surface area contributed by atoms with Crippen LogP contribution >= 0.6 is 12.2 Å². The molecule has 4 nitrogen and oxygen atoms in total. The van der Waals surface area contributed by atoms with Gasteiger partial charge in [0.25, 0.3) is 0 Å². The van der Waals surface area contributed by atoms with Crippen molar-refractivity contribution in [3.63, 3.8) is 0 Å². The topological polar surface area (TPSA) is 41.9 Å². The molecule has 0 aliphatic heterocycles. The molecule has 0 saturated carbocycles. The number of nitrogens with one attached hydrogen (secondary N) is 2. The molecule has 0 aliphatic carbocycles. The summed E-state index contributed by atoms with van der Waals surface area (Å²) < 4.78 is 15.5. The fourth-order valence-corrected chi connectivity index (χ4v) is 2.10. The quantitative estimate of drug-likeness (QED) is 0.853. The van der Waals surface area contributed by atoms with Gasteiger partial charge in [0.2, 0.25) is 0 Å². The second-order valence-electron chi connectivity index (χ2n) is 4.50. The SMILES string of the molecule is CNC(=S)Nc1c(C)nn(Cc2ccccc2F)c1C. The molecule has 0 amide bonds. The molecule has 0 saturated heterocycles. The van der Waals surface area contributed by atoms with Gasteiger partial charge in [-0.2, -0.15) is 5.10 Å². The van der Waals surface area contributed by atoms with E-state index in [1.54, 1.807) is 23.9 Å². The average molecular weight is 292 g/mol. The fraction of sp³-hybridized carbons (Fsp3) is 0.286. The van der Waals surface area contributed by atoms with E-state index >= 15 is 0 Å². The molecule has 0 fully saturated rings. The monoisotopic (exact) mass is 292 g/mol. The highest BCUT2D eigenvalue weighted by Gasteiger charge is 2.13. The summed E-state index contributed by atoms with van der Waals surface area (Å²) in [6, 6.07) is 6.71. The predicted octanol–water partition coefficient (Wildman–Crippen LogP) is 2.60. The van der Waals surface area contributed by atoms with Gasteiger partial charge >= 0.3 is 0 Å². The van der Waals surface area contributed by atoms with Crippen LogP contribution in [0.5, 0.6) is 0 Å². The molecule has 2 rings (SSSR count). The lowest BCUT2D eigenvalue weighted by Crippen LogP contribution is -2.24. The van der Waals surface area contributed by atoms with E-state index in [0.717, 1.165) is 17.1 Å². The highest BCUT2D eigenvalue weighted by molar-refractivity contribution is 7.80. The van der Waals surface area contributed by atoms with Crippen molar-refractivity contribution in [1.82, 2.24) is 15.1 Å². The maximum Gasteiger partial charge on any atom is 0.170 e. The van der Waals surface area contributed by atoms with E-state index in [2.05, 4.69) is 15.7 Å². The standard InChI is InChI=1S/C14H17FN4S/c1-9-13(17-14(20)16-3)10(2)19(18-9)8-11-6-4-5-7-12(11)15/h4-7H,8H2,1-3H3,(H2,16,17,20). The van der Waals surface area contributed by atoms with Crippen LogP contribution in [-0.2, 0) is 6.54 Å². The minimum Gasteiger partial charge on any atom is -0.366 e. The number of thiocarbonyl (C=S) groups is 1. The van der Waals surface area contributed by atoms with Crippen molar-refractivity contribution in [2.24, 2.45) is 0 Å². The van der Waals surface area contributed by atoms with E-state index < -0.39 is 0 Å². The van der Waals surface area contributed by atoms with Gasteiger partial charge in [-0.15, -0.1) is 0 Å². The van der Waals surface area contributed by atoms with Crippen molar-refractivity contribution in [2.45, 2.75) is 20.4 Å². The van der Waals surface area contributed by atoms with Gasteiger partial charge in [0.1, 0.15) is 5.82 Å². The summed E-state index contributed by atoms with van der Waals surface area (Å²) in [7, 11) is 1.75. The van der Waals surface area contributed by atoms with Crippen molar-refractivity contribution in [1.29, 1.82) is 0 Å². The van der Waals surface area contributed by atoms with Gasteiger partial charge in [0.05, 0.1) is 23.6 Å². The normalized spacial score (nSPS) is 10.4. The summed E-state index contributed by atoms with van der Waals surface area (Å²) in [6.45, 7) is 4.22. The molecule has 2 aromatic rings. The van der Waals surface area contributed by atoms with E-state index in [4.69, 9.17) is 12.2 Å². The Morgan fingerprint density at radius 2 is 2.05 bits per heavy atom. The third-order valence-electron chi connectivity index (χ3n) is 3.13. The minimum absolute atomic E-state index is 0.222. The number of benzene rings is 1. The fourth-order valence-electron chi connectivity index (χ4n) is 2.00. The Morgan fingerprint density at radius 3 is 2.70 bits per heavy atom. The van der Waals surface area contributed by atoms with Crippen molar-refractivity contribution >= 4 is 23.0 Å². The van der Waals surface area contributed by atoms with Crippen molar-refractivity contribution in [3.8, 4) is 0 Å². The zero-order chi connectivity index (χ0) is 14.7. The summed E-state index contributed by atoms with van der Waals surface area (Å²) in [5.41, 5.74) is 3.22. The van der Waals surface area contributed by atoms with Gasteiger partial charge in [0, 0.05) is 12.6 Å². The van der Waals surface area contributed by atoms with Gasteiger partial charge in [-0.25, -0.2) is 4.39 Å². The molecule has 0 bridgehead atoms. The first-order valence-corrected chi connectivity index (χ1v) is 6.70. The predicted molar refractivity (Wildman–Crippen MR) is 82.5 cm³/mol. The van der Waals surface area contributed by atoms with Crippen molar-refractivity contribution in [3.05, 3.63) is 47.0 Å². The molecule has 2 N–H and O–H groups in total. The molecule has 1 heterocycles. The van der Waals surface area contributed by atoms with Crippen molar-refractivity contribution in [2.75, 3.05) is 12.4 Å². The number of hydrogen-bond acceptors (Lipinski definition) is 2. The largest absolute Gasteiger partial charge is 0.366 e. The Labute approximate surface area is 123 Å². The second-order valence-corrected chi connectivity index (χ2v) is 4.91. The first kappa shape index (κ1) is 14.5. The maximum absolute atomic E-state index is 13.7.